The fourth-order valence-electron chi connectivity index (χ4n) is 3.64. The normalized spacial score (nSPS) is 16.5. The number of carbonyl (C=O) groups is 2. The standard InChI is InChI=1S/C22H25F3N4O2/c1-26-21(31)27-20(30)19(17-5-3-2-4-6-17)29-13-11-28(12-14-29)15-16-7-9-18(10-8-16)22(23,24)25/h2-10,19H,11-15H2,1H3,(H2,26,27,30,31). The maximum absolute atomic E-state index is 12.8. The molecule has 0 aromatic heterocycles. The number of imide groups is 1. The van der Waals surface area contributed by atoms with Crippen LogP contribution in [0.3, 0.4) is 0 Å². The minimum atomic E-state index is -4.34. The number of carbonyl (C=O) groups excluding carboxylic acids is 2. The highest BCUT2D eigenvalue weighted by atomic mass is 19.4. The molecule has 31 heavy (non-hydrogen) atoms. The second kappa shape index (κ2) is 9.93. The van der Waals surface area contributed by atoms with E-state index in [2.05, 4.69) is 15.5 Å². The molecule has 0 aliphatic carbocycles. The van der Waals surface area contributed by atoms with Crippen LogP contribution >= 0.6 is 0 Å². The summed E-state index contributed by atoms with van der Waals surface area (Å²) in [5, 5.41) is 4.74. The van der Waals surface area contributed by atoms with E-state index in [0.29, 0.717) is 32.7 Å². The van der Waals surface area contributed by atoms with Crippen molar-refractivity contribution in [3.8, 4) is 0 Å². The zero-order chi connectivity index (χ0) is 22.4. The largest absolute Gasteiger partial charge is 0.416 e. The SMILES string of the molecule is CNC(=O)NC(=O)C(c1ccccc1)N1CCN(Cc2ccc(C(F)(F)F)cc2)CC1. The highest BCUT2D eigenvalue weighted by molar-refractivity contribution is 5.97. The number of nitrogens with one attached hydrogen (secondary N) is 2. The van der Waals surface area contributed by atoms with E-state index in [0.717, 1.165) is 23.3 Å². The molecule has 2 aromatic carbocycles. The first-order chi connectivity index (χ1) is 14.8. The van der Waals surface area contributed by atoms with Gasteiger partial charge in [-0.25, -0.2) is 4.79 Å². The van der Waals surface area contributed by atoms with Gasteiger partial charge in [0.25, 0.3) is 0 Å². The lowest BCUT2D eigenvalue weighted by Gasteiger charge is -2.38. The Labute approximate surface area is 179 Å². The molecule has 166 valence electrons. The number of rotatable bonds is 5. The van der Waals surface area contributed by atoms with Gasteiger partial charge in [0, 0.05) is 39.8 Å². The van der Waals surface area contributed by atoms with Gasteiger partial charge in [-0.2, -0.15) is 13.2 Å². The molecule has 1 saturated heterocycles. The average Bonchev–Trinajstić information content (AvgIpc) is 2.75. The summed E-state index contributed by atoms with van der Waals surface area (Å²) in [5.74, 6) is -0.401. The Balaban J connectivity index is 1.64. The molecule has 1 aliphatic heterocycles. The minimum absolute atomic E-state index is 0.401. The van der Waals surface area contributed by atoms with Crippen molar-refractivity contribution in [2.24, 2.45) is 0 Å². The van der Waals surface area contributed by atoms with E-state index in [1.165, 1.54) is 19.2 Å². The van der Waals surface area contributed by atoms with Crippen molar-refractivity contribution in [2.45, 2.75) is 18.8 Å². The molecule has 1 atom stereocenters. The first kappa shape index (κ1) is 22.8. The number of halogens is 3. The monoisotopic (exact) mass is 434 g/mol. The smallest absolute Gasteiger partial charge is 0.341 e. The minimum Gasteiger partial charge on any atom is -0.341 e. The molecule has 0 spiro atoms. The topological polar surface area (TPSA) is 64.7 Å². The molecule has 3 rings (SSSR count). The Kier molecular flexibility index (Phi) is 7.29. The molecule has 3 amide bonds. The maximum atomic E-state index is 12.8. The van der Waals surface area contributed by atoms with Crippen molar-refractivity contribution in [1.29, 1.82) is 0 Å². The predicted molar refractivity (Wildman–Crippen MR) is 110 cm³/mol. The van der Waals surface area contributed by atoms with E-state index < -0.39 is 29.7 Å². The number of nitrogens with zero attached hydrogens (tertiary/aromatic N) is 2. The van der Waals surface area contributed by atoms with Gasteiger partial charge in [-0.3, -0.25) is 19.9 Å². The van der Waals surface area contributed by atoms with Gasteiger partial charge in [0.1, 0.15) is 6.04 Å². The highest BCUT2D eigenvalue weighted by Gasteiger charge is 2.32. The van der Waals surface area contributed by atoms with Crippen LogP contribution in [0.2, 0.25) is 0 Å². The third-order valence-electron chi connectivity index (χ3n) is 5.29. The summed E-state index contributed by atoms with van der Waals surface area (Å²) in [6, 6.07) is 13.3. The van der Waals surface area contributed by atoms with E-state index >= 15 is 0 Å². The third kappa shape index (κ3) is 6.05. The van der Waals surface area contributed by atoms with Crippen LogP contribution < -0.4 is 10.6 Å². The predicted octanol–water partition coefficient (Wildman–Crippen LogP) is 3.02. The van der Waals surface area contributed by atoms with Gasteiger partial charge in [-0.15, -0.1) is 0 Å². The summed E-state index contributed by atoms with van der Waals surface area (Å²) in [7, 11) is 1.44. The molecule has 2 aromatic rings. The molecule has 1 fully saturated rings. The first-order valence-corrected chi connectivity index (χ1v) is 9.98. The number of hydrogen-bond acceptors (Lipinski definition) is 4. The van der Waals surface area contributed by atoms with Crippen molar-refractivity contribution in [1.82, 2.24) is 20.4 Å². The van der Waals surface area contributed by atoms with Gasteiger partial charge in [0.05, 0.1) is 5.56 Å². The Hall–Kier alpha value is -2.91. The molecule has 0 bridgehead atoms. The summed E-state index contributed by atoms with van der Waals surface area (Å²) in [5.41, 5.74) is 0.937. The van der Waals surface area contributed by atoms with E-state index in [4.69, 9.17) is 0 Å². The lowest BCUT2D eigenvalue weighted by atomic mass is 10.0. The van der Waals surface area contributed by atoms with Crippen LogP contribution in [0.1, 0.15) is 22.7 Å². The van der Waals surface area contributed by atoms with Crippen LogP contribution in [-0.4, -0.2) is 55.0 Å². The Morgan fingerprint density at radius 3 is 2.13 bits per heavy atom. The van der Waals surface area contributed by atoms with Crippen molar-refractivity contribution < 1.29 is 22.8 Å². The molecule has 1 aliphatic rings. The lowest BCUT2D eigenvalue weighted by molar-refractivity contribution is -0.137. The summed E-state index contributed by atoms with van der Waals surface area (Å²) < 4.78 is 38.2. The Morgan fingerprint density at radius 2 is 1.58 bits per heavy atom. The molecule has 0 radical (unpaired) electrons. The zero-order valence-corrected chi connectivity index (χ0v) is 17.2. The fourth-order valence-corrected chi connectivity index (χ4v) is 3.64. The summed E-state index contributed by atoms with van der Waals surface area (Å²) in [6.07, 6.45) is -4.34. The van der Waals surface area contributed by atoms with Crippen LogP contribution in [-0.2, 0) is 17.5 Å². The van der Waals surface area contributed by atoms with Crippen LogP contribution in [0.4, 0.5) is 18.0 Å². The van der Waals surface area contributed by atoms with Crippen molar-refractivity contribution >= 4 is 11.9 Å². The molecule has 0 saturated carbocycles. The molecule has 1 unspecified atom stereocenters. The molecule has 9 heteroatoms. The second-order valence-electron chi connectivity index (χ2n) is 7.39. The zero-order valence-electron chi connectivity index (χ0n) is 17.2. The number of hydrogen-bond donors (Lipinski definition) is 2. The van der Waals surface area contributed by atoms with Gasteiger partial charge < -0.3 is 5.32 Å². The quantitative estimate of drug-likeness (QED) is 0.760. The van der Waals surface area contributed by atoms with E-state index in [9.17, 15) is 22.8 Å². The lowest BCUT2D eigenvalue weighted by Crippen LogP contribution is -2.52. The summed E-state index contributed by atoms with van der Waals surface area (Å²) in [4.78, 5) is 28.6. The van der Waals surface area contributed by atoms with Crippen LogP contribution in [0.15, 0.2) is 54.6 Å². The number of urea groups is 1. The first-order valence-electron chi connectivity index (χ1n) is 9.98. The van der Waals surface area contributed by atoms with Gasteiger partial charge in [-0.05, 0) is 23.3 Å². The maximum Gasteiger partial charge on any atom is 0.416 e. The van der Waals surface area contributed by atoms with Crippen LogP contribution in [0, 0.1) is 0 Å². The third-order valence-corrected chi connectivity index (χ3v) is 5.29. The number of alkyl halides is 3. The van der Waals surface area contributed by atoms with Gasteiger partial charge in [0.15, 0.2) is 0 Å². The van der Waals surface area contributed by atoms with E-state index in [1.54, 1.807) is 0 Å². The van der Waals surface area contributed by atoms with E-state index in [-0.39, 0.29) is 0 Å². The molecular formula is C22H25F3N4O2. The molecule has 2 N–H and O–H groups in total. The van der Waals surface area contributed by atoms with Crippen LogP contribution in [0.5, 0.6) is 0 Å². The fraction of sp³-hybridized carbons (Fsp3) is 0.364. The average molecular weight is 434 g/mol. The van der Waals surface area contributed by atoms with Crippen molar-refractivity contribution in [2.75, 3.05) is 33.2 Å². The number of benzene rings is 2. The molecule has 6 nitrogen and oxygen atoms in total. The Bertz CT molecular complexity index is 880. The molecule has 1 heterocycles. The summed E-state index contributed by atoms with van der Waals surface area (Å²) in [6.45, 7) is 3.00. The van der Waals surface area contributed by atoms with E-state index in [1.807, 2.05) is 35.2 Å². The number of amides is 3. The Morgan fingerprint density at radius 1 is 0.968 bits per heavy atom. The van der Waals surface area contributed by atoms with Gasteiger partial charge in [-0.1, -0.05) is 42.5 Å². The van der Waals surface area contributed by atoms with Crippen molar-refractivity contribution in [3.05, 3.63) is 71.3 Å². The van der Waals surface area contributed by atoms with Gasteiger partial charge in [0.2, 0.25) is 5.91 Å². The summed E-state index contributed by atoms with van der Waals surface area (Å²) >= 11 is 0. The second-order valence-corrected chi connectivity index (χ2v) is 7.39. The van der Waals surface area contributed by atoms with Crippen LogP contribution in [0.25, 0.3) is 0 Å². The van der Waals surface area contributed by atoms with Crippen molar-refractivity contribution in [3.63, 3.8) is 0 Å². The van der Waals surface area contributed by atoms with Gasteiger partial charge >= 0.3 is 12.2 Å². The number of piperazine rings is 1. The highest BCUT2D eigenvalue weighted by Crippen LogP contribution is 2.29. The molecular weight excluding hydrogens is 409 g/mol.